The molecule has 1 aromatic rings. The van der Waals surface area contributed by atoms with Crippen LogP contribution >= 0.6 is 11.8 Å². The molecule has 0 saturated heterocycles. The van der Waals surface area contributed by atoms with Crippen molar-refractivity contribution in [2.75, 3.05) is 5.75 Å². The predicted molar refractivity (Wildman–Crippen MR) is 62.5 cm³/mol. The molecule has 0 radical (unpaired) electrons. The first-order valence-electron chi connectivity index (χ1n) is 4.76. The van der Waals surface area contributed by atoms with E-state index in [1.165, 1.54) is 17.8 Å². The number of carboxylic acid groups (broad SMARTS) is 1. The van der Waals surface area contributed by atoms with Crippen molar-refractivity contribution in [3.05, 3.63) is 29.8 Å². The molecule has 1 unspecified atom stereocenters. The topological polar surface area (TPSA) is 80.4 Å². The number of hydrogen-bond donors (Lipinski definition) is 2. The molecule has 0 bridgehead atoms. The van der Waals surface area contributed by atoms with Crippen molar-refractivity contribution in [3.8, 4) is 0 Å². The molecule has 86 valence electrons. The third kappa shape index (κ3) is 3.58. The zero-order chi connectivity index (χ0) is 12.1. The maximum absolute atomic E-state index is 10.8. The average Bonchev–Trinajstić information content (AvgIpc) is 2.26. The average molecular weight is 239 g/mol. The molecule has 0 aliphatic rings. The van der Waals surface area contributed by atoms with Gasteiger partial charge in [-0.3, -0.25) is 4.79 Å². The van der Waals surface area contributed by atoms with Crippen molar-refractivity contribution in [3.63, 3.8) is 0 Å². The highest BCUT2D eigenvalue weighted by atomic mass is 32.2. The van der Waals surface area contributed by atoms with E-state index >= 15 is 0 Å². The van der Waals surface area contributed by atoms with Crippen molar-refractivity contribution in [1.82, 2.24) is 0 Å². The summed E-state index contributed by atoms with van der Waals surface area (Å²) in [6, 6.07) is 6.61. The Morgan fingerprint density at radius 1 is 1.50 bits per heavy atom. The Morgan fingerprint density at radius 2 is 2.19 bits per heavy atom. The van der Waals surface area contributed by atoms with Crippen molar-refractivity contribution >= 4 is 23.6 Å². The normalized spacial score (nSPS) is 12.1. The van der Waals surface area contributed by atoms with E-state index < -0.39 is 5.97 Å². The first-order valence-corrected chi connectivity index (χ1v) is 5.74. The lowest BCUT2D eigenvalue weighted by atomic mass is 10.2. The summed E-state index contributed by atoms with van der Waals surface area (Å²) in [5.74, 6) is -0.968. The van der Waals surface area contributed by atoms with Gasteiger partial charge in [-0.1, -0.05) is 13.0 Å². The number of aromatic carboxylic acids is 1. The lowest BCUT2D eigenvalue weighted by Crippen LogP contribution is -2.22. The Morgan fingerprint density at radius 3 is 2.75 bits per heavy atom. The zero-order valence-corrected chi connectivity index (χ0v) is 9.66. The Bertz CT molecular complexity index is 406. The standard InChI is InChI=1S/C11H13NO3S/c1-7(10(12)13)6-16-9-4-2-3-8(5-9)11(14)15/h2-5,7H,6H2,1H3,(H2,12,13)(H,14,15). The highest BCUT2D eigenvalue weighted by molar-refractivity contribution is 7.99. The van der Waals surface area contributed by atoms with Crippen LogP contribution in [0.3, 0.4) is 0 Å². The monoisotopic (exact) mass is 239 g/mol. The van der Waals surface area contributed by atoms with E-state index in [1.54, 1.807) is 19.1 Å². The second-order valence-corrected chi connectivity index (χ2v) is 4.54. The number of primary amides is 1. The first kappa shape index (κ1) is 12.6. The molecule has 0 spiro atoms. The first-order chi connectivity index (χ1) is 7.50. The summed E-state index contributed by atoms with van der Waals surface area (Å²) in [5, 5.41) is 8.79. The molecule has 0 aliphatic carbocycles. The van der Waals surface area contributed by atoms with Crippen molar-refractivity contribution in [1.29, 1.82) is 0 Å². The number of rotatable bonds is 5. The number of thioether (sulfide) groups is 1. The number of benzene rings is 1. The molecule has 3 N–H and O–H groups in total. The van der Waals surface area contributed by atoms with Crippen LogP contribution in [0.4, 0.5) is 0 Å². The maximum Gasteiger partial charge on any atom is 0.335 e. The predicted octanol–water partition coefficient (Wildman–Crippen LogP) is 1.60. The lowest BCUT2D eigenvalue weighted by Gasteiger charge is -2.06. The van der Waals surface area contributed by atoms with E-state index in [1.807, 2.05) is 6.07 Å². The van der Waals surface area contributed by atoms with Crippen LogP contribution in [0.1, 0.15) is 17.3 Å². The third-order valence-electron chi connectivity index (χ3n) is 2.07. The molecule has 0 heterocycles. The van der Waals surface area contributed by atoms with Crippen LogP contribution in [0.15, 0.2) is 29.2 Å². The van der Waals surface area contributed by atoms with Gasteiger partial charge in [-0.05, 0) is 18.2 Å². The van der Waals surface area contributed by atoms with Crippen molar-refractivity contribution < 1.29 is 14.7 Å². The molecule has 1 atom stereocenters. The van der Waals surface area contributed by atoms with Crippen LogP contribution in [0.2, 0.25) is 0 Å². The number of carbonyl (C=O) groups is 2. The number of nitrogens with two attached hydrogens (primary N) is 1. The molecule has 1 amide bonds. The van der Waals surface area contributed by atoms with Crippen molar-refractivity contribution in [2.24, 2.45) is 11.7 Å². The van der Waals surface area contributed by atoms with Crippen molar-refractivity contribution in [2.45, 2.75) is 11.8 Å². The molecule has 0 fully saturated rings. The summed E-state index contributed by atoms with van der Waals surface area (Å²) in [4.78, 5) is 22.4. The van der Waals surface area contributed by atoms with Crippen LogP contribution in [0, 0.1) is 5.92 Å². The Kier molecular flexibility index (Phi) is 4.37. The minimum Gasteiger partial charge on any atom is -0.478 e. The molecular weight excluding hydrogens is 226 g/mol. The van der Waals surface area contributed by atoms with E-state index in [0.717, 1.165) is 4.90 Å². The summed E-state index contributed by atoms with van der Waals surface area (Å²) in [6.45, 7) is 1.75. The fraction of sp³-hybridized carbons (Fsp3) is 0.273. The summed E-state index contributed by atoms with van der Waals surface area (Å²) >= 11 is 1.42. The van der Waals surface area contributed by atoms with Gasteiger partial charge in [0.15, 0.2) is 0 Å². The summed E-state index contributed by atoms with van der Waals surface area (Å²) < 4.78 is 0. The largest absolute Gasteiger partial charge is 0.478 e. The third-order valence-corrected chi connectivity index (χ3v) is 3.32. The minimum absolute atomic E-state index is 0.224. The Balaban J connectivity index is 2.64. The fourth-order valence-electron chi connectivity index (χ4n) is 1.02. The van der Waals surface area contributed by atoms with Crippen LogP contribution in [-0.4, -0.2) is 22.7 Å². The summed E-state index contributed by atoms with van der Waals surface area (Å²) in [5.41, 5.74) is 5.38. The number of amides is 1. The summed E-state index contributed by atoms with van der Waals surface area (Å²) in [7, 11) is 0. The molecule has 5 heteroatoms. The molecule has 1 rings (SSSR count). The highest BCUT2D eigenvalue weighted by Gasteiger charge is 2.10. The van der Waals surface area contributed by atoms with Gasteiger partial charge < -0.3 is 10.8 Å². The van der Waals surface area contributed by atoms with E-state index in [9.17, 15) is 9.59 Å². The van der Waals surface area contributed by atoms with Crippen LogP contribution in [0.25, 0.3) is 0 Å². The van der Waals surface area contributed by atoms with Gasteiger partial charge in [0, 0.05) is 16.6 Å². The maximum atomic E-state index is 10.8. The van der Waals surface area contributed by atoms with Gasteiger partial charge in [-0.25, -0.2) is 4.79 Å². The minimum atomic E-state index is -0.953. The quantitative estimate of drug-likeness (QED) is 0.765. The second kappa shape index (κ2) is 5.55. The van der Waals surface area contributed by atoms with Gasteiger partial charge in [-0.2, -0.15) is 0 Å². The molecule has 4 nitrogen and oxygen atoms in total. The molecular formula is C11H13NO3S. The van der Waals surface area contributed by atoms with Crippen LogP contribution in [0.5, 0.6) is 0 Å². The van der Waals surface area contributed by atoms with E-state index in [0.29, 0.717) is 5.75 Å². The van der Waals surface area contributed by atoms with Crippen LogP contribution < -0.4 is 5.73 Å². The second-order valence-electron chi connectivity index (χ2n) is 3.45. The van der Waals surface area contributed by atoms with E-state index in [2.05, 4.69) is 0 Å². The molecule has 1 aromatic carbocycles. The molecule has 16 heavy (non-hydrogen) atoms. The summed E-state index contributed by atoms with van der Waals surface area (Å²) in [6.07, 6.45) is 0. The van der Waals surface area contributed by atoms with Gasteiger partial charge in [-0.15, -0.1) is 11.8 Å². The van der Waals surface area contributed by atoms with Gasteiger partial charge in [0.25, 0.3) is 0 Å². The van der Waals surface area contributed by atoms with Gasteiger partial charge >= 0.3 is 5.97 Å². The highest BCUT2D eigenvalue weighted by Crippen LogP contribution is 2.21. The molecule has 0 saturated carbocycles. The van der Waals surface area contributed by atoms with Gasteiger partial charge in [0.05, 0.1) is 5.56 Å². The van der Waals surface area contributed by atoms with Gasteiger partial charge in [0.2, 0.25) is 5.91 Å². The number of carbonyl (C=O) groups excluding carboxylic acids is 1. The van der Waals surface area contributed by atoms with E-state index in [-0.39, 0.29) is 17.4 Å². The molecule has 0 aromatic heterocycles. The lowest BCUT2D eigenvalue weighted by molar-refractivity contribution is -0.120. The molecule has 0 aliphatic heterocycles. The van der Waals surface area contributed by atoms with E-state index in [4.69, 9.17) is 10.8 Å². The number of carboxylic acids is 1. The zero-order valence-electron chi connectivity index (χ0n) is 8.84. The van der Waals surface area contributed by atoms with Crippen LogP contribution in [-0.2, 0) is 4.79 Å². The number of hydrogen-bond acceptors (Lipinski definition) is 3. The fourth-order valence-corrected chi connectivity index (χ4v) is 2.01. The van der Waals surface area contributed by atoms with Gasteiger partial charge in [0.1, 0.15) is 0 Å². The smallest absolute Gasteiger partial charge is 0.335 e. The Hall–Kier alpha value is -1.49. The SMILES string of the molecule is CC(CSc1cccc(C(=O)O)c1)C(N)=O. The Labute approximate surface area is 97.8 Å².